The van der Waals surface area contributed by atoms with Gasteiger partial charge in [0.1, 0.15) is 17.2 Å². The number of methoxy groups -OCH3 is 3. The minimum Gasteiger partial charge on any atom is -0.545 e. The number of hydrazone groups is 1. The molecule has 0 saturated heterocycles. The van der Waals surface area contributed by atoms with E-state index >= 15 is 0 Å². The zero-order chi connectivity index (χ0) is 17.5. The van der Waals surface area contributed by atoms with E-state index in [0.717, 1.165) is 0 Å². The summed E-state index contributed by atoms with van der Waals surface area (Å²) in [7, 11) is 4.61. The summed E-state index contributed by atoms with van der Waals surface area (Å²) >= 11 is 0. The van der Waals surface area contributed by atoms with Gasteiger partial charge in [0.2, 0.25) is 0 Å². The maximum atomic E-state index is 10.9. The topological polar surface area (TPSA) is 92.2 Å². The molecule has 7 heteroatoms. The molecular weight excluding hydrogens is 312 g/mol. The zero-order valence-electron chi connectivity index (χ0n) is 13.5. The lowest BCUT2D eigenvalue weighted by atomic mass is 10.2. The molecule has 0 heterocycles. The molecule has 0 unspecified atom stereocenters. The van der Waals surface area contributed by atoms with Crippen molar-refractivity contribution in [2.45, 2.75) is 0 Å². The Hall–Kier alpha value is -3.22. The van der Waals surface area contributed by atoms with Gasteiger partial charge in [0.25, 0.3) is 0 Å². The molecule has 1 N–H and O–H groups in total. The first-order chi connectivity index (χ1) is 11.6. The predicted molar refractivity (Wildman–Crippen MR) is 88.1 cm³/mol. The summed E-state index contributed by atoms with van der Waals surface area (Å²) < 4.78 is 15.8. The highest BCUT2D eigenvalue weighted by molar-refractivity contribution is 5.89. The van der Waals surface area contributed by atoms with Gasteiger partial charge in [-0.1, -0.05) is 12.1 Å². The van der Waals surface area contributed by atoms with E-state index in [2.05, 4.69) is 10.5 Å². The number of carboxylic acids is 1. The SMILES string of the molecule is COc1cc(OC)c(/C=N\Nc2cccc(C(=O)[O-])c2)c(OC)c1. The normalized spacial score (nSPS) is 10.5. The zero-order valence-corrected chi connectivity index (χ0v) is 13.5. The molecule has 7 nitrogen and oxygen atoms in total. The van der Waals surface area contributed by atoms with E-state index in [0.29, 0.717) is 28.5 Å². The highest BCUT2D eigenvalue weighted by Gasteiger charge is 2.11. The second kappa shape index (κ2) is 7.87. The minimum absolute atomic E-state index is 0.0646. The monoisotopic (exact) mass is 329 g/mol. The van der Waals surface area contributed by atoms with Crippen LogP contribution in [0.3, 0.4) is 0 Å². The fourth-order valence-electron chi connectivity index (χ4n) is 2.05. The first-order valence-electron chi connectivity index (χ1n) is 6.99. The molecule has 0 spiro atoms. The number of hydrogen-bond acceptors (Lipinski definition) is 7. The van der Waals surface area contributed by atoms with Crippen LogP contribution >= 0.6 is 0 Å². The van der Waals surface area contributed by atoms with Gasteiger partial charge < -0.3 is 24.1 Å². The lowest BCUT2D eigenvalue weighted by Crippen LogP contribution is -2.22. The van der Waals surface area contributed by atoms with E-state index in [1.165, 1.54) is 32.6 Å². The molecule has 0 bridgehead atoms. The standard InChI is InChI=1S/C17H18N2O5/c1-22-13-8-15(23-2)14(16(9-13)24-3)10-18-19-12-6-4-5-11(7-12)17(20)21/h4-10,19H,1-3H3,(H,20,21)/p-1/b18-10-. The van der Waals surface area contributed by atoms with Crippen molar-refractivity contribution in [1.82, 2.24) is 0 Å². The van der Waals surface area contributed by atoms with Gasteiger partial charge in [-0.25, -0.2) is 0 Å². The Morgan fingerprint density at radius 1 is 1.08 bits per heavy atom. The molecule has 0 amide bonds. The molecule has 2 aromatic rings. The molecule has 2 rings (SSSR count). The summed E-state index contributed by atoms with van der Waals surface area (Å²) in [4.78, 5) is 10.9. The highest BCUT2D eigenvalue weighted by Crippen LogP contribution is 2.32. The van der Waals surface area contributed by atoms with Crippen LogP contribution in [0.2, 0.25) is 0 Å². The summed E-state index contributed by atoms with van der Waals surface area (Å²) in [5.74, 6) is 0.400. The average Bonchev–Trinajstić information content (AvgIpc) is 2.61. The second-order valence-corrected chi connectivity index (χ2v) is 4.68. The maximum Gasteiger partial charge on any atom is 0.135 e. The van der Waals surface area contributed by atoms with Crippen LogP contribution in [0.25, 0.3) is 0 Å². The van der Waals surface area contributed by atoms with Crippen LogP contribution in [0, 0.1) is 0 Å². The number of anilines is 1. The smallest absolute Gasteiger partial charge is 0.135 e. The molecule has 0 atom stereocenters. The van der Waals surface area contributed by atoms with Gasteiger partial charge in [0.05, 0.1) is 44.8 Å². The Balaban J connectivity index is 2.25. The van der Waals surface area contributed by atoms with E-state index in [1.807, 2.05) is 0 Å². The molecule has 0 aliphatic rings. The van der Waals surface area contributed by atoms with Crippen molar-refractivity contribution in [2.75, 3.05) is 26.8 Å². The summed E-state index contributed by atoms with van der Waals surface area (Å²) in [6, 6.07) is 9.57. The van der Waals surface area contributed by atoms with Crippen LogP contribution in [0.5, 0.6) is 17.2 Å². The maximum absolute atomic E-state index is 10.9. The third-order valence-corrected chi connectivity index (χ3v) is 3.24. The molecule has 0 saturated carbocycles. The van der Waals surface area contributed by atoms with Gasteiger partial charge in [-0.05, 0) is 17.7 Å². The van der Waals surface area contributed by atoms with Crippen molar-refractivity contribution in [3.05, 3.63) is 47.5 Å². The molecule has 0 aliphatic heterocycles. The second-order valence-electron chi connectivity index (χ2n) is 4.68. The fourth-order valence-corrected chi connectivity index (χ4v) is 2.05. The van der Waals surface area contributed by atoms with Crippen molar-refractivity contribution in [3.63, 3.8) is 0 Å². The summed E-state index contributed by atoms with van der Waals surface area (Å²) in [6.07, 6.45) is 1.52. The Labute approximate surface area is 139 Å². The molecule has 0 aromatic heterocycles. The number of rotatable bonds is 7. The van der Waals surface area contributed by atoms with Crippen molar-refractivity contribution in [3.8, 4) is 17.2 Å². The van der Waals surface area contributed by atoms with Crippen LogP contribution in [0.1, 0.15) is 15.9 Å². The number of nitrogens with zero attached hydrogens (tertiary/aromatic N) is 1. The van der Waals surface area contributed by atoms with Gasteiger partial charge in [0.15, 0.2) is 0 Å². The van der Waals surface area contributed by atoms with Gasteiger partial charge in [-0.2, -0.15) is 5.10 Å². The average molecular weight is 329 g/mol. The first kappa shape index (κ1) is 17.1. The molecule has 24 heavy (non-hydrogen) atoms. The molecule has 126 valence electrons. The number of carbonyl (C=O) groups excluding carboxylic acids is 1. The fraction of sp³-hybridized carbons (Fsp3) is 0.176. The number of carbonyl (C=O) groups is 1. The van der Waals surface area contributed by atoms with E-state index < -0.39 is 5.97 Å². The predicted octanol–water partition coefficient (Wildman–Crippen LogP) is 1.52. The van der Waals surface area contributed by atoms with Crippen LogP contribution in [0.4, 0.5) is 5.69 Å². The number of carboxylic acid groups (broad SMARTS) is 1. The van der Waals surface area contributed by atoms with Crippen LogP contribution in [0.15, 0.2) is 41.5 Å². The Morgan fingerprint density at radius 3 is 2.29 bits per heavy atom. The quantitative estimate of drug-likeness (QED) is 0.612. The van der Waals surface area contributed by atoms with Crippen molar-refractivity contribution < 1.29 is 24.1 Å². The van der Waals surface area contributed by atoms with E-state index in [1.54, 1.807) is 31.4 Å². The van der Waals surface area contributed by atoms with Gasteiger partial charge in [-0.3, -0.25) is 5.43 Å². The molecular formula is C17H17N2O5-. The van der Waals surface area contributed by atoms with Crippen LogP contribution < -0.4 is 24.7 Å². The molecule has 0 radical (unpaired) electrons. The first-order valence-corrected chi connectivity index (χ1v) is 6.99. The van der Waals surface area contributed by atoms with Crippen LogP contribution in [-0.4, -0.2) is 33.5 Å². The third-order valence-electron chi connectivity index (χ3n) is 3.24. The van der Waals surface area contributed by atoms with E-state index in [9.17, 15) is 9.90 Å². The Bertz CT molecular complexity index is 733. The lowest BCUT2D eigenvalue weighted by Gasteiger charge is -2.12. The summed E-state index contributed by atoms with van der Waals surface area (Å²) in [6.45, 7) is 0. The molecule has 2 aromatic carbocycles. The number of aromatic carboxylic acids is 1. The third kappa shape index (κ3) is 3.95. The Kier molecular flexibility index (Phi) is 5.62. The minimum atomic E-state index is -1.25. The number of nitrogens with one attached hydrogen (secondary N) is 1. The van der Waals surface area contributed by atoms with Crippen molar-refractivity contribution in [1.29, 1.82) is 0 Å². The van der Waals surface area contributed by atoms with E-state index in [4.69, 9.17) is 14.2 Å². The van der Waals surface area contributed by atoms with Crippen molar-refractivity contribution in [2.24, 2.45) is 5.10 Å². The summed E-state index contributed by atoms with van der Waals surface area (Å²) in [5.41, 5.74) is 3.95. The summed E-state index contributed by atoms with van der Waals surface area (Å²) in [5, 5.41) is 14.9. The molecule has 0 fully saturated rings. The lowest BCUT2D eigenvalue weighted by molar-refractivity contribution is -0.255. The van der Waals surface area contributed by atoms with Crippen molar-refractivity contribution >= 4 is 17.9 Å². The number of hydrogen-bond donors (Lipinski definition) is 1. The van der Waals surface area contributed by atoms with Crippen LogP contribution in [-0.2, 0) is 0 Å². The number of benzene rings is 2. The van der Waals surface area contributed by atoms with Gasteiger partial charge in [-0.15, -0.1) is 0 Å². The number of ether oxygens (including phenoxy) is 3. The Morgan fingerprint density at radius 2 is 1.75 bits per heavy atom. The van der Waals surface area contributed by atoms with Gasteiger partial charge in [0, 0.05) is 12.1 Å². The van der Waals surface area contributed by atoms with E-state index in [-0.39, 0.29) is 5.56 Å². The highest BCUT2D eigenvalue weighted by atomic mass is 16.5. The largest absolute Gasteiger partial charge is 0.545 e. The van der Waals surface area contributed by atoms with Gasteiger partial charge >= 0.3 is 0 Å². The molecule has 0 aliphatic carbocycles.